The number of thiazole rings is 1. The van der Waals surface area contributed by atoms with E-state index in [0.717, 1.165) is 12.8 Å². The van der Waals surface area contributed by atoms with E-state index in [9.17, 15) is 9.59 Å². The summed E-state index contributed by atoms with van der Waals surface area (Å²) in [6.45, 7) is 3.67. The van der Waals surface area contributed by atoms with Crippen LogP contribution in [0.1, 0.15) is 45.2 Å². The van der Waals surface area contributed by atoms with Crippen LogP contribution in [0.3, 0.4) is 0 Å². The highest BCUT2D eigenvalue weighted by Crippen LogP contribution is 2.26. The maximum Gasteiger partial charge on any atom is 0.228 e. The van der Waals surface area contributed by atoms with Gasteiger partial charge in [-0.05, 0) is 25.7 Å². The summed E-state index contributed by atoms with van der Waals surface area (Å²) >= 11 is 1.36. The standard InChI is InChI=1S/C16H24N4O2S.2ClH/c1-9(2)15(22)20-16-19-13(8-23-16)7-14(21)18-12-5-10-3-4-11(6-12)17-10;;/h8-12,17H,3-7H2,1-2H3,(H,18,21)(H,19,20,22);2*1H. The fourth-order valence-corrected chi connectivity index (χ4v) is 4.03. The van der Waals surface area contributed by atoms with Gasteiger partial charge in [-0.25, -0.2) is 4.98 Å². The molecule has 2 aliphatic rings. The molecule has 1 aromatic heterocycles. The molecule has 3 heterocycles. The first kappa shape index (κ1) is 22.2. The van der Waals surface area contributed by atoms with Crippen LogP contribution in [-0.4, -0.2) is 34.9 Å². The van der Waals surface area contributed by atoms with Crippen molar-refractivity contribution in [3.8, 4) is 0 Å². The number of nitrogens with one attached hydrogen (secondary N) is 3. The van der Waals surface area contributed by atoms with Gasteiger partial charge in [0.1, 0.15) is 0 Å². The average molecular weight is 409 g/mol. The first-order valence-electron chi connectivity index (χ1n) is 8.30. The summed E-state index contributed by atoms with van der Waals surface area (Å²) in [5.74, 6) is -0.121. The lowest BCUT2D eigenvalue weighted by molar-refractivity contribution is -0.121. The zero-order chi connectivity index (χ0) is 16.4. The highest BCUT2D eigenvalue weighted by Gasteiger charge is 2.33. The number of hydrogen-bond acceptors (Lipinski definition) is 5. The molecule has 2 saturated heterocycles. The monoisotopic (exact) mass is 408 g/mol. The average Bonchev–Trinajstić information content (AvgIpc) is 3.05. The number of amides is 2. The van der Waals surface area contributed by atoms with E-state index in [0.29, 0.717) is 22.9 Å². The zero-order valence-electron chi connectivity index (χ0n) is 14.4. The first-order valence-corrected chi connectivity index (χ1v) is 9.18. The van der Waals surface area contributed by atoms with Crippen LogP contribution in [0.5, 0.6) is 0 Å². The molecule has 0 saturated carbocycles. The van der Waals surface area contributed by atoms with E-state index in [1.54, 1.807) is 0 Å². The van der Waals surface area contributed by atoms with Gasteiger partial charge in [0.2, 0.25) is 11.8 Å². The predicted molar refractivity (Wildman–Crippen MR) is 105 cm³/mol. The maximum absolute atomic E-state index is 12.2. The third-order valence-electron chi connectivity index (χ3n) is 4.49. The molecule has 2 aliphatic heterocycles. The second kappa shape index (κ2) is 9.71. The molecular formula is C16H26Cl2N4O2S. The number of rotatable bonds is 5. The first-order chi connectivity index (χ1) is 11.0. The summed E-state index contributed by atoms with van der Waals surface area (Å²) in [7, 11) is 0. The van der Waals surface area contributed by atoms with E-state index in [-0.39, 0.29) is 55.0 Å². The summed E-state index contributed by atoms with van der Waals surface area (Å²) in [5, 5.41) is 11.9. The summed E-state index contributed by atoms with van der Waals surface area (Å²) in [6, 6.07) is 1.41. The van der Waals surface area contributed by atoms with Gasteiger partial charge >= 0.3 is 0 Å². The number of fused-ring (bicyclic) bond motifs is 2. The Balaban J connectivity index is 0.00000156. The number of nitrogens with zero attached hydrogens (tertiary/aromatic N) is 1. The van der Waals surface area contributed by atoms with Crippen molar-refractivity contribution in [2.45, 2.75) is 64.1 Å². The van der Waals surface area contributed by atoms with Crippen molar-refractivity contribution in [3.63, 3.8) is 0 Å². The van der Waals surface area contributed by atoms with E-state index >= 15 is 0 Å². The molecule has 9 heteroatoms. The van der Waals surface area contributed by atoms with Crippen LogP contribution in [0.25, 0.3) is 0 Å². The molecule has 3 rings (SSSR count). The summed E-state index contributed by atoms with van der Waals surface area (Å²) < 4.78 is 0. The van der Waals surface area contributed by atoms with Gasteiger partial charge in [-0.2, -0.15) is 0 Å². The van der Waals surface area contributed by atoms with Crippen LogP contribution in [0.2, 0.25) is 0 Å². The summed E-state index contributed by atoms with van der Waals surface area (Å²) in [6.07, 6.45) is 4.77. The third-order valence-corrected chi connectivity index (χ3v) is 5.29. The molecule has 2 unspecified atom stereocenters. The SMILES string of the molecule is CC(C)C(=O)Nc1nc(CC(=O)NC2CC3CCC(C2)N3)cs1.Cl.Cl. The van der Waals surface area contributed by atoms with Crippen molar-refractivity contribution in [1.82, 2.24) is 15.6 Å². The molecule has 3 N–H and O–H groups in total. The number of halogens is 2. The molecule has 0 aliphatic carbocycles. The van der Waals surface area contributed by atoms with Crippen LogP contribution in [0.4, 0.5) is 5.13 Å². The molecule has 0 radical (unpaired) electrons. The number of carbonyl (C=O) groups is 2. The van der Waals surface area contributed by atoms with Gasteiger partial charge in [-0.3, -0.25) is 9.59 Å². The Labute approximate surface area is 164 Å². The largest absolute Gasteiger partial charge is 0.353 e. The predicted octanol–water partition coefficient (Wildman–Crippen LogP) is 2.52. The molecule has 142 valence electrons. The van der Waals surface area contributed by atoms with Gasteiger partial charge < -0.3 is 16.0 Å². The van der Waals surface area contributed by atoms with E-state index in [1.807, 2.05) is 19.2 Å². The Kier molecular flexibility index (Phi) is 8.60. The van der Waals surface area contributed by atoms with Crippen molar-refractivity contribution in [2.75, 3.05) is 5.32 Å². The molecule has 1 aromatic rings. The van der Waals surface area contributed by atoms with Gasteiger partial charge in [0, 0.05) is 29.4 Å². The van der Waals surface area contributed by atoms with E-state index < -0.39 is 0 Å². The molecule has 25 heavy (non-hydrogen) atoms. The van der Waals surface area contributed by atoms with Gasteiger partial charge in [-0.1, -0.05) is 13.8 Å². The van der Waals surface area contributed by atoms with Gasteiger partial charge in [-0.15, -0.1) is 36.2 Å². The smallest absolute Gasteiger partial charge is 0.228 e. The lowest BCUT2D eigenvalue weighted by Crippen LogP contribution is -2.48. The Bertz CT molecular complexity index is 584. The van der Waals surface area contributed by atoms with Crippen molar-refractivity contribution in [2.24, 2.45) is 5.92 Å². The van der Waals surface area contributed by atoms with E-state index in [2.05, 4.69) is 20.9 Å². The highest BCUT2D eigenvalue weighted by molar-refractivity contribution is 7.13. The van der Waals surface area contributed by atoms with Gasteiger partial charge in [0.25, 0.3) is 0 Å². The Morgan fingerprint density at radius 3 is 2.52 bits per heavy atom. The van der Waals surface area contributed by atoms with Gasteiger partial charge in [0.15, 0.2) is 5.13 Å². The Hall–Kier alpha value is -0.890. The normalized spacial score (nSPS) is 24.2. The summed E-state index contributed by atoms with van der Waals surface area (Å²) in [5.41, 5.74) is 0.712. The van der Waals surface area contributed by atoms with Crippen molar-refractivity contribution in [1.29, 1.82) is 0 Å². The van der Waals surface area contributed by atoms with Crippen LogP contribution >= 0.6 is 36.2 Å². The highest BCUT2D eigenvalue weighted by atomic mass is 35.5. The van der Waals surface area contributed by atoms with Crippen LogP contribution in [0.15, 0.2) is 5.38 Å². The number of aromatic nitrogens is 1. The van der Waals surface area contributed by atoms with E-state index in [4.69, 9.17) is 0 Å². The second-order valence-corrected chi connectivity index (χ2v) is 7.70. The molecule has 6 nitrogen and oxygen atoms in total. The van der Waals surface area contributed by atoms with E-state index in [1.165, 1.54) is 24.2 Å². The van der Waals surface area contributed by atoms with Crippen LogP contribution in [-0.2, 0) is 16.0 Å². The summed E-state index contributed by atoms with van der Waals surface area (Å²) in [4.78, 5) is 28.2. The van der Waals surface area contributed by atoms with Crippen LogP contribution < -0.4 is 16.0 Å². The van der Waals surface area contributed by atoms with Gasteiger partial charge in [0.05, 0.1) is 12.1 Å². The Morgan fingerprint density at radius 2 is 1.92 bits per heavy atom. The minimum atomic E-state index is -0.0825. The third kappa shape index (κ3) is 6.09. The Morgan fingerprint density at radius 1 is 1.28 bits per heavy atom. The fourth-order valence-electron chi connectivity index (χ4n) is 3.31. The quantitative estimate of drug-likeness (QED) is 0.698. The minimum Gasteiger partial charge on any atom is -0.353 e. The molecule has 0 aromatic carbocycles. The van der Waals surface area contributed by atoms with Crippen molar-refractivity contribution in [3.05, 3.63) is 11.1 Å². The second-order valence-electron chi connectivity index (χ2n) is 6.84. The minimum absolute atomic E-state index is 0. The molecule has 2 atom stereocenters. The molecule has 2 fully saturated rings. The lowest BCUT2D eigenvalue weighted by Gasteiger charge is -2.29. The molecular weight excluding hydrogens is 383 g/mol. The maximum atomic E-state index is 12.2. The van der Waals surface area contributed by atoms with Crippen molar-refractivity contribution >= 4 is 53.1 Å². The van der Waals surface area contributed by atoms with Crippen molar-refractivity contribution < 1.29 is 9.59 Å². The fraction of sp³-hybridized carbons (Fsp3) is 0.688. The lowest BCUT2D eigenvalue weighted by atomic mass is 10.00. The number of piperidine rings is 1. The molecule has 2 amide bonds. The topological polar surface area (TPSA) is 83.1 Å². The van der Waals surface area contributed by atoms with Crippen LogP contribution in [0, 0.1) is 5.92 Å². The number of carbonyl (C=O) groups excluding carboxylic acids is 2. The molecule has 0 spiro atoms. The molecule has 2 bridgehead atoms. The number of hydrogen-bond donors (Lipinski definition) is 3. The number of anilines is 1. The zero-order valence-corrected chi connectivity index (χ0v) is 16.9.